The van der Waals surface area contributed by atoms with Crippen LogP contribution in [0.15, 0.2) is 48.2 Å². The molecule has 7 heteroatoms. The van der Waals surface area contributed by atoms with Crippen molar-refractivity contribution in [1.29, 1.82) is 0 Å². The zero-order valence-electron chi connectivity index (χ0n) is 17.9. The minimum Gasteiger partial charge on any atom is -0.493 e. The third-order valence-corrected chi connectivity index (χ3v) is 6.13. The fourth-order valence-corrected chi connectivity index (χ4v) is 4.33. The molecular weight excluding hydrogens is 416 g/mol. The number of anilines is 1. The van der Waals surface area contributed by atoms with Crippen LogP contribution in [0.25, 0.3) is 5.57 Å². The van der Waals surface area contributed by atoms with Gasteiger partial charge in [-0.15, -0.1) is 0 Å². The summed E-state index contributed by atoms with van der Waals surface area (Å²) in [5.74, 6) is 0.960. The molecule has 0 atom stereocenters. The first-order chi connectivity index (χ1) is 14.9. The average Bonchev–Trinajstić information content (AvgIpc) is 3.03. The highest BCUT2D eigenvalue weighted by Crippen LogP contribution is 2.39. The predicted octanol–water partition coefficient (Wildman–Crippen LogP) is 4.37. The lowest BCUT2D eigenvalue weighted by molar-refractivity contribution is -0.120. The van der Waals surface area contributed by atoms with Crippen molar-refractivity contribution < 1.29 is 19.1 Å². The molecule has 1 fully saturated rings. The van der Waals surface area contributed by atoms with E-state index < -0.39 is 0 Å². The molecule has 2 amide bonds. The highest BCUT2D eigenvalue weighted by molar-refractivity contribution is 6.45. The lowest BCUT2D eigenvalue weighted by Gasteiger charge is -2.32. The van der Waals surface area contributed by atoms with Crippen molar-refractivity contribution in [1.82, 2.24) is 4.90 Å². The smallest absolute Gasteiger partial charge is 0.282 e. The number of methoxy groups -OCH3 is 2. The van der Waals surface area contributed by atoms with E-state index >= 15 is 0 Å². The fourth-order valence-electron chi connectivity index (χ4n) is 4.15. The Morgan fingerprint density at radius 3 is 2.29 bits per heavy atom. The molecule has 2 heterocycles. The molecule has 1 saturated heterocycles. The minimum atomic E-state index is -0.367. The predicted molar refractivity (Wildman–Crippen MR) is 120 cm³/mol. The van der Waals surface area contributed by atoms with Crippen molar-refractivity contribution in [3.05, 3.63) is 58.7 Å². The van der Waals surface area contributed by atoms with Crippen molar-refractivity contribution in [2.45, 2.75) is 19.8 Å². The fraction of sp³-hybridized carbons (Fsp3) is 0.333. The quantitative estimate of drug-likeness (QED) is 0.646. The van der Waals surface area contributed by atoms with E-state index in [9.17, 15) is 9.59 Å². The van der Waals surface area contributed by atoms with Crippen LogP contribution in [0.5, 0.6) is 11.5 Å². The van der Waals surface area contributed by atoms with Gasteiger partial charge in [0.15, 0.2) is 11.5 Å². The van der Waals surface area contributed by atoms with Crippen LogP contribution in [0.4, 0.5) is 5.69 Å². The summed E-state index contributed by atoms with van der Waals surface area (Å²) in [6, 6.07) is 12.1. The second-order valence-electron chi connectivity index (χ2n) is 7.89. The third-order valence-electron chi connectivity index (χ3n) is 5.90. The molecule has 0 saturated carbocycles. The molecule has 0 radical (unpaired) electrons. The van der Waals surface area contributed by atoms with E-state index in [1.54, 1.807) is 56.7 Å². The lowest BCUT2D eigenvalue weighted by Crippen LogP contribution is -2.38. The summed E-state index contributed by atoms with van der Waals surface area (Å²) in [6.45, 7) is 3.67. The molecule has 2 aromatic carbocycles. The van der Waals surface area contributed by atoms with Gasteiger partial charge in [-0.25, -0.2) is 4.90 Å². The number of imide groups is 1. The summed E-state index contributed by atoms with van der Waals surface area (Å²) in [5, 5.41) is 0.464. The van der Waals surface area contributed by atoms with Crippen molar-refractivity contribution in [2.24, 2.45) is 5.92 Å². The number of benzene rings is 2. The maximum Gasteiger partial charge on any atom is 0.282 e. The van der Waals surface area contributed by atoms with Crippen molar-refractivity contribution in [3.63, 3.8) is 0 Å². The Labute approximate surface area is 187 Å². The summed E-state index contributed by atoms with van der Waals surface area (Å²) >= 11 is 6.14. The molecule has 2 aromatic rings. The number of carbonyl (C=O) groups excluding carboxylic acids is 2. The Morgan fingerprint density at radius 1 is 0.935 bits per heavy atom. The number of hydrogen-bond donors (Lipinski definition) is 0. The first-order valence-electron chi connectivity index (χ1n) is 10.3. The Balaban J connectivity index is 1.84. The average molecular weight is 441 g/mol. The standard InChI is InChI=1S/C24H25ClN2O4/c1-15-9-11-26(12-10-15)22-21(16-7-8-19(30-2)20(13-16)31-3)23(28)27(24(22)29)18-6-4-5-17(25)14-18/h4-8,13-15H,9-12H2,1-3H3. The molecule has 0 aromatic heterocycles. The molecule has 0 aliphatic carbocycles. The maximum atomic E-state index is 13.6. The van der Waals surface area contributed by atoms with E-state index in [1.807, 2.05) is 4.90 Å². The first-order valence-corrected chi connectivity index (χ1v) is 10.7. The first kappa shape index (κ1) is 21.2. The summed E-state index contributed by atoms with van der Waals surface area (Å²) < 4.78 is 10.8. The summed E-state index contributed by atoms with van der Waals surface area (Å²) in [7, 11) is 3.10. The van der Waals surface area contributed by atoms with E-state index in [2.05, 4.69) is 6.92 Å². The highest BCUT2D eigenvalue weighted by atomic mass is 35.5. The lowest BCUT2D eigenvalue weighted by atomic mass is 9.97. The number of hydrogen-bond acceptors (Lipinski definition) is 5. The third kappa shape index (κ3) is 3.88. The Kier molecular flexibility index (Phi) is 5.92. The molecule has 0 spiro atoms. The van der Waals surface area contributed by atoms with Gasteiger partial charge in [0.2, 0.25) is 0 Å². The van der Waals surface area contributed by atoms with E-state index in [1.165, 1.54) is 4.90 Å². The molecule has 0 bridgehead atoms. The number of piperidine rings is 1. The largest absolute Gasteiger partial charge is 0.493 e. The molecular formula is C24H25ClN2O4. The topological polar surface area (TPSA) is 59.1 Å². The molecule has 2 aliphatic heterocycles. The Bertz CT molecular complexity index is 1060. The number of nitrogens with zero attached hydrogens (tertiary/aromatic N) is 2. The number of likely N-dealkylation sites (tertiary alicyclic amines) is 1. The van der Waals surface area contributed by atoms with Crippen LogP contribution >= 0.6 is 11.6 Å². The van der Waals surface area contributed by atoms with Gasteiger partial charge in [0.05, 0.1) is 25.5 Å². The SMILES string of the molecule is COc1ccc(C2=C(N3CCC(C)CC3)C(=O)N(c3cccc(Cl)c3)C2=O)cc1OC. The van der Waals surface area contributed by atoms with Crippen LogP contribution in [0.2, 0.25) is 5.02 Å². The normalized spacial score (nSPS) is 17.5. The van der Waals surface area contributed by atoms with Crippen LogP contribution in [0.1, 0.15) is 25.3 Å². The van der Waals surface area contributed by atoms with Crippen LogP contribution in [0, 0.1) is 5.92 Å². The molecule has 6 nitrogen and oxygen atoms in total. The molecule has 162 valence electrons. The zero-order valence-corrected chi connectivity index (χ0v) is 18.6. The van der Waals surface area contributed by atoms with Gasteiger partial charge in [0.1, 0.15) is 5.70 Å². The van der Waals surface area contributed by atoms with Gasteiger partial charge < -0.3 is 14.4 Å². The number of ether oxygens (including phenoxy) is 2. The van der Waals surface area contributed by atoms with Gasteiger partial charge in [0, 0.05) is 18.1 Å². The molecule has 4 rings (SSSR count). The number of amides is 2. The summed E-state index contributed by atoms with van der Waals surface area (Å²) in [6.07, 6.45) is 1.95. The molecule has 2 aliphatic rings. The van der Waals surface area contributed by atoms with Crippen LogP contribution in [0.3, 0.4) is 0 Å². The van der Waals surface area contributed by atoms with Gasteiger partial charge in [-0.2, -0.15) is 0 Å². The second-order valence-corrected chi connectivity index (χ2v) is 8.32. The Morgan fingerprint density at radius 2 is 1.65 bits per heavy atom. The van der Waals surface area contributed by atoms with Crippen LogP contribution < -0.4 is 14.4 Å². The maximum absolute atomic E-state index is 13.6. The molecule has 0 N–H and O–H groups in total. The molecule has 0 unspecified atom stereocenters. The van der Waals surface area contributed by atoms with E-state index in [-0.39, 0.29) is 11.8 Å². The van der Waals surface area contributed by atoms with Crippen LogP contribution in [-0.2, 0) is 9.59 Å². The van der Waals surface area contributed by atoms with Gasteiger partial charge in [-0.05, 0) is 54.7 Å². The number of halogens is 1. The summed E-state index contributed by atoms with van der Waals surface area (Å²) in [5.41, 5.74) is 1.89. The number of rotatable bonds is 5. The number of carbonyl (C=O) groups is 2. The van der Waals surface area contributed by atoms with Gasteiger partial charge in [0.25, 0.3) is 11.8 Å². The van der Waals surface area contributed by atoms with E-state index in [0.717, 1.165) is 25.9 Å². The second kappa shape index (κ2) is 8.63. The minimum absolute atomic E-state index is 0.327. The van der Waals surface area contributed by atoms with Gasteiger partial charge >= 0.3 is 0 Å². The van der Waals surface area contributed by atoms with Gasteiger partial charge in [-0.3, -0.25) is 9.59 Å². The van der Waals surface area contributed by atoms with Crippen molar-refractivity contribution in [2.75, 3.05) is 32.2 Å². The van der Waals surface area contributed by atoms with E-state index in [0.29, 0.717) is 45.0 Å². The van der Waals surface area contributed by atoms with Gasteiger partial charge in [-0.1, -0.05) is 30.7 Å². The zero-order chi connectivity index (χ0) is 22.1. The van der Waals surface area contributed by atoms with E-state index in [4.69, 9.17) is 21.1 Å². The monoisotopic (exact) mass is 440 g/mol. The summed E-state index contributed by atoms with van der Waals surface area (Å²) in [4.78, 5) is 30.4. The Hall–Kier alpha value is -2.99. The molecule has 31 heavy (non-hydrogen) atoms. The van der Waals surface area contributed by atoms with Crippen molar-refractivity contribution in [3.8, 4) is 11.5 Å². The highest BCUT2D eigenvalue weighted by Gasteiger charge is 2.43. The van der Waals surface area contributed by atoms with Crippen LogP contribution in [-0.4, -0.2) is 44.0 Å². The van der Waals surface area contributed by atoms with Crippen molar-refractivity contribution >= 4 is 34.7 Å².